The predicted octanol–water partition coefficient (Wildman–Crippen LogP) is 1.67. The Morgan fingerprint density at radius 3 is 2.81 bits per heavy atom. The van der Waals surface area contributed by atoms with Gasteiger partial charge in [0.1, 0.15) is 5.58 Å². The monoisotopic (exact) mass is 289 g/mol. The number of morpholine rings is 1. The maximum absolute atomic E-state index is 12.6. The Labute approximate surface area is 120 Å². The molecular formula is C15H15NO5. The highest BCUT2D eigenvalue weighted by Crippen LogP contribution is 2.26. The van der Waals surface area contributed by atoms with Gasteiger partial charge in [-0.25, -0.2) is 4.79 Å². The van der Waals surface area contributed by atoms with E-state index in [1.165, 1.54) is 4.90 Å². The first kappa shape index (κ1) is 13.6. The first-order valence-corrected chi connectivity index (χ1v) is 6.69. The number of hydrogen-bond acceptors (Lipinski definition) is 4. The zero-order valence-corrected chi connectivity index (χ0v) is 11.5. The largest absolute Gasteiger partial charge is 0.480 e. The van der Waals surface area contributed by atoms with Gasteiger partial charge in [-0.1, -0.05) is 18.2 Å². The Hall–Kier alpha value is -2.34. The van der Waals surface area contributed by atoms with Gasteiger partial charge in [0.2, 0.25) is 0 Å². The molecule has 2 heterocycles. The van der Waals surface area contributed by atoms with Crippen LogP contribution in [0, 0.1) is 6.92 Å². The van der Waals surface area contributed by atoms with E-state index in [2.05, 4.69) is 0 Å². The molecule has 21 heavy (non-hydrogen) atoms. The van der Waals surface area contributed by atoms with Crippen LogP contribution in [0.2, 0.25) is 0 Å². The highest BCUT2D eigenvalue weighted by Gasteiger charge is 2.35. The Balaban J connectivity index is 1.99. The summed E-state index contributed by atoms with van der Waals surface area (Å²) < 4.78 is 10.8. The summed E-state index contributed by atoms with van der Waals surface area (Å²) in [5.41, 5.74) is 1.35. The van der Waals surface area contributed by atoms with Crippen LogP contribution < -0.4 is 0 Å². The van der Waals surface area contributed by atoms with E-state index in [1.54, 1.807) is 13.0 Å². The minimum atomic E-state index is -1.07. The molecule has 0 spiro atoms. The molecule has 0 aliphatic carbocycles. The SMILES string of the molecule is Cc1c(C(=O)N2CCOCC2C(=O)O)oc2ccccc12. The summed E-state index contributed by atoms with van der Waals surface area (Å²) in [6, 6.07) is 6.38. The molecule has 6 heteroatoms. The van der Waals surface area contributed by atoms with Crippen molar-refractivity contribution in [2.75, 3.05) is 19.8 Å². The molecule has 1 aromatic carbocycles. The Kier molecular flexibility index (Phi) is 3.39. The van der Waals surface area contributed by atoms with Gasteiger partial charge in [-0.2, -0.15) is 0 Å². The molecule has 3 rings (SSSR count). The van der Waals surface area contributed by atoms with Crippen molar-refractivity contribution in [1.29, 1.82) is 0 Å². The molecule has 1 aliphatic rings. The van der Waals surface area contributed by atoms with Crippen LogP contribution in [0.4, 0.5) is 0 Å². The lowest BCUT2D eigenvalue weighted by Gasteiger charge is -2.32. The Morgan fingerprint density at radius 2 is 2.10 bits per heavy atom. The van der Waals surface area contributed by atoms with E-state index in [0.29, 0.717) is 12.2 Å². The van der Waals surface area contributed by atoms with Crippen molar-refractivity contribution in [3.8, 4) is 0 Å². The Morgan fingerprint density at radius 1 is 1.33 bits per heavy atom. The number of carboxylic acids is 1. The van der Waals surface area contributed by atoms with Gasteiger partial charge < -0.3 is 19.2 Å². The van der Waals surface area contributed by atoms with Gasteiger partial charge in [0.25, 0.3) is 5.91 Å². The smallest absolute Gasteiger partial charge is 0.328 e. The van der Waals surface area contributed by atoms with E-state index in [-0.39, 0.29) is 18.9 Å². The molecule has 1 fully saturated rings. The van der Waals surface area contributed by atoms with Gasteiger partial charge in [0.15, 0.2) is 11.8 Å². The number of rotatable bonds is 2. The second-order valence-corrected chi connectivity index (χ2v) is 4.98. The van der Waals surface area contributed by atoms with E-state index in [1.807, 2.05) is 18.2 Å². The average molecular weight is 289 g/mol. The molecule has 1 N–H and O–H groups in total. The number of ether oxygens (including phenoxy) is 1. The molecular weight excluding hydrogens is 274 g/mol. The van der Waals surface area contributed by atoms with Crippen molar-refractivity contribution in [3.05, 3.63) is 35.6 Å². The normalized spacial score (nSPS) is 18.9. The zero-order chi connectivity index (χ0) is 15.0. The summed E-state index contributed by atoms with van der Waals surface area (Å²) in [6.07, 6.45) is 0. The van der Waals surface area contributed by atoms with Crippen molar-refractivity contribution in [3.63, 3.8) is 0 Å². The number of para-hydroxylation sites is 1. The van der Waals surface area contributed by atoms with E-state index < -0.39 is 17.9 Å². The topological polar surface area (TPSA) is 80.0 Å². The molecule has 1 aromatic heterocycles. The molecule has 1 atom stereocenters. The summed E-state index contributed by atoms with van der Waals surface area (Å²) in [4.78, 5) is 25.2. The first-order valence-electron chi connectivity index (χ1n) is 6.69. The van der Waals surface area contributed by atoms with Gasteiger partial charge in [-0.05, 0) is 13.0 Å². The highest BCUT2D eigenvalue weighted by atomic mass is 16.5. The number of amides is 1. The van der Waals surface area contributed by atoms with Crippen molar-refractivity contribution in [2.24, 2.45) is 0 Å². The third-order valence-electron chi connectivity index (χ3n) is 3.71. The maximum Gasteiger partial charge on any atom is 0.328 e. The van der Waals surface area contributed by atoms with Crippen LogP contribution in [-0.4, -0.2) is 47.7 Å². The molecule has 1 aliphatic heterocycles. The van der Waals surface area contributed by atoms with Crippen LogP contribution in [0.5, 0.6) is 0 Å². The number of carbonyl (C=O) groups excluding carboxylic acids is 1. The van der Waals surface area contributed by atoms with Gasteiger partial charge in [0, 0.05) is 17.5 Å². The van der Waals surface area contributed by atoms with Crippen molar-refractivity contribution < 1.29 is 23.8 Å². The van der Waals surface area contributed by atoms with Gasteiger partial charge >= 0.3 is 5.97 Å². The number of aryl methyl sites for hydroxylation is 1. The standard InChI is InChI=1S/C15H15NO5/c1-9-10-4-2-3-5-12(10)21-13(9)14(17)16-6-7-20-8-11(16)15(18)19/h2-5,11H,6-8H2,1H3,(H,18,19). The maximum atomic E-state index is 12.6. The first-order chi connectivity index (χ1) is 10.1. The molecule has 1 saturated heterocycles. The fourth-order valence-electron chi connectivity index (χ4n) is 2.56. The van der Waals surface area contributed by atoms with Gasteiger partial charge in [-0.3, -0.25) is 4.79 Å². The van der Waals surface area contributed by atoms with Gasteiger partial charge in [-0.15, -0.1) is 0 Å². The van der Waals surface area contributed by atoms with Crippen LogP contribution in [-0.2, 0) is 9.53 Å². The molecule has 110 valence electrons. The zero-order valence-electron chi connectivity index (χ0n) is 11.5. The number of hydrogen-bond donors (Lipinski definition) is 1. The summed E-state index contributed by atoms with van der Waals surface area (Å²) >= 11 is 0. The number of carbonyl (C=O) groups is 2. The summed E-state index contributed by atoms with van der Waals surface area (Å²) in [5, 5.41) is 10.1. The molecule has 0 saturated carbocycles. The minimum Gasteiger partial charge on any atom is -0.480 e. The second-order valence-electron chi connectivity index (χ2n) is 4.98. The van der Waals surface area contributed by atoms with Crippen LogP contribution in [0.15, 0.2) is 28.7 Å². The third kappa shape index (κ3) is 2.27. The summed E-state index contributed by atoms with van der Waals surface area (Å²) in [5.74, 6) is -1.28. The number of benzene rings is 1. The predicted molar refractivity (Wildman–Crippen MR) is 74.2 cm³/mol. The van der Waals surface area contributed by atoms with E-state index in [0.717, 1.165) is 10.9 Å². The Bertz CT molecular complexity index is 705. The molecule has 0 radical (unpaired) electrons. The minimum absolute atomic E-state index is 0.000347. The molecule has 1 unspecified atom stereocenters. The number of aliphatic carboxylic acids is 1. The van der Waals surface area contributed by atoms with Crippen molar-refractivity contribution in [2.45, 2.75) is 13.0 Å². The molecule has 0 bridgehead atoms. The van der Waals surface area contributed by atoms with Crippen LogP contribution >= 0.6 is 0 Å². The fraction of sp³-hybridized carbons (Fsp3) is 0.333. The number of fused-ring (bicyclic) bond motifs is 1. The van der Waals surface area contributed by atoms with Gasteiger partial charge in [0.05, 0.1) is 13.2 Å². The lowest BCUT2D eigenvalue weighted by Crippen LogP contribution is -2.52. The molecule has 6 nitrogen and oxygen atoms in total. The highest BCUT2D eigenvalue weighted by molar-refractivity contribution is 6.00. The number of furan rings is 1. The van der Waals surface area contributed by atoms with E-state index in [9.17, 15) is 14.7 Å². The van der Waals surface area contributed by atoms with Crippen molar-refractivity contribution in [1.82, 2.24) is 4.90 Å². The van der Waals surface area contributed by atoms with Crippen LogP contribution in [0.3, 0.4) is 0 Å². The van der Waals surface area contributed by atoms with Crippen LogP contribution in [0.25, 0.3) is 11.0 Å². The molecule has 1 amide bonds. The van der Waals surface area contributed by atoms with E-state index >= 15 is 0 Å². The lowest BCUT2D eigenvalue weighted by atomic mass is 10.1. The summed E-state index contributed by atoms with van der Waals surface area (Å²) in [7, 11) is 0. The van der Waals surface area contributed by atoms with E-state index in [4.69, 9.17) is 9.15 Å². The summed E-state index contributed by atoms with van der Waals surface area (Å²) in [6.45, 7) is 2.37. The number of nitrogens with zero attached hydrogens (tertiary/aromatic N) is 1. The molecule has 2 aromatic rings. The fourth-order valence-corrected chi connectivity index (χ4v) is 2.56. The second kappa shape index (κ2) is 5.21. The van der Waals surface area contributed by atoms with Crippen LogP contribution in [0.1, 0.15) is 16.1 Å². The number of carboxylic acid groups (broad SMARTS) is 1. The average Bonchev–Trinajstić information content (AvgIpc) is 2.84. The lowest BCUT2D eigenvalue weighted by molar-refractivity contribution is -0.147. The van der Waals surface area contributed by atoms with Crippen molar-refractivity contribution >= 4 is 22.8 Å². The quantitative estimate of drug-likeness (QED) is 0.909. The third-order valence-corrected chi connectivity index (χ3v) is 3.71.